The molecule has 1 amide bonds. The van der Waals surface area contributed by atoms with E-state index >= 15 is 0 Å². The number of amides is 1. The van der Waals surface area contributed by atoms with E-state index in [1.807, 2.05) is 6.92 Å². The number of rotatable bonds is 9. The molecule has 0 bridgehead atoms. The summed E-state index contributed by atoms with van der Waals surface area (Å²) in [6.45, 7) is 9.43. The van der Waals surface area contributed by atoms with Gasteiger partial charge in [-0.05, 0) is 51.7 Å². The third-order valence-electron chi connectivity index (χ3n) is 3.65. The van der Waals surface area contributed by atoms with Crippen molar-refractivity contribution in [3.63, 3.8) is 0 Å². The molecular weight excluding hydrogens is 254 g/mol. The van der Waals surface area contributed by atoms with Gasteiger partial charge in [0.1, 0.15) is 0 Å². The van der Waals surface area contributed by atoms with Crippen LogP contribution in [0.15, 0.2) is 0 Å². The zero-order chi connectivity index (χ0) is 14.8. The average Bonchev–Trinajstić information content (AvgIpc) is 2.40. The van der Waals surface area contributed by atoms with Crippen LogP contribution >= 0.6 is 0 Å². The molecule has 0 aromatic heterocycles. The SMILES string of the molecule is CCCN(CC(=O)NC(C)COC)CC1CCCNC1. The number of carbonyl (C=O) groups excluding carboxylic acids is 1. The van der Waals surface area contributed by atoms with E-state index in [2.05, 4.69) is 22.5 Å². The topological polar surface area (TPSA) is 53.6 Å². The van der Waals surface area contributed by atoms with E-state index in [-0.39, 0.29) is 11.9 Å². The molecule has 2 unspecified atom stereocenters. The first kappa shape index (κ1) is 17.4. The first-order chi connectivity index (χ1) is 9.65. The minimum absolute atomic E-state index is 0.0762. The second-order valence-corrected chi connectivity index (χ2v) is 5.87. The summed E-state index contributed by atoms with van der Waals surface area (Å²) in [4.78, 5) is 14.3. The smallest absolute Gasteiger partial charge is 0.234 e. The van der Waals surface area contributed by atoms with Gasteiger partial charge in [-0.2, -0.15) is 0 Å². The number of hydrogen-bond acceptors (Lipinski definition) is 4. The second-order valence-electron chi connectivity index (χ2n) is 5.87. The molecule has 0 spiro atoms. The lowest BCUT2D eigenvalue weighted by Crippen LogP contribution is -2.45. The summed E-state index contributed by atoms with van der Waals surface area (Å²) in [6, 6.07) is 0.0762. The Labute approximate surface area is 123 Å². The van der Waals surface area contributed by atoms with Gasteiger partial charge in [0.2, 0.25) is 5.91 Å². The predicted octanol–water partition coefficient (Wildman–Crippen LogP) is 0.849. The van der Waals surface area contributed by atoms with E-state index in [1.54, 1.807) is 7.11 Å². The fourth-order valence-electron chi connectivity index (χ4n) is 2.81. The van der Waals surface area contributed by atoms with Gasteiger partial charge in [0.15, 0.2) is 0 Å². The first-order valence-corrected chi connectivity index (χ1v) is 7.87. The summed E-state index contributed by atoms with van der Waals surface area (Å²) in [5.74, 6) is 0.784. The van der Waals surface area contributed by atoms with Crippen molar-refractivity contribution in [2.45, 2.75) is 39.2 Å². The maximum Gasteiger partial charge on any atom is 0.234 e. The summed E-state index contributed by atoms with van der Waals surface area (Å²) in [7, 11) is 1.65. The maximum atomic E-state index is 12.0. The minimum Gasteiger partial charge on any atom is -0.383 e. The summed E-state index contributed by atoms with van der Waals surface area (Å²) in [5, 5.41) is 6.43. The molecule has 2 atom stereocenters. The lowest BCUT2D eigenvalue weighted by molar-refractivity contribution is -0.123. The Morgan fingerprint density at radius 3 is 2.95 bits per heavy atom. The second kappa shape index (κ2) is 10.1. The van der Waals surface area contributed by atoms with Gasteiger partial charge in [-0.3, -0.25) is 9.69 Å². The van der Waals surface area contributed by atoms with Gasteiger partial charge >= 0.3 is 0 Å². The molecular formula is C15H31N3O2. The molecule has 1 aliphatic rings. The number of nitrogens with zero attached hydrogens (tertiary/aromatic N) is 1. The Morgan fingerprint density at radius 2 is 2.35 bits per heavy atom. The Balaban J connectivity index is 2.34. The summed E-state index contributed by atoms with van der Waals surface area (Å²) >= 11 is 0. The van der Waals surface area contributed by atoms with Gasteiger partial charge in [-0.15, -0.1) is 0 Å². The van der Waals surface area contributed by atoms with Crippen molar-refractivity contribution < 1.29 is 9.53 Å². The van der Waals surface area contributed by atoms with Crippen LogP contribution in [-0.2, 0) is 9.53 Å². The zero-order valence-electron chi connectivity index (χ0n) is 13.3. The lowest BCUT2D eigenvalue weighted by Gasteiger charge is -2.29. The van der Waals surface area contributed by atoms with E-state index < -0.39 is 0 Å². The van der Waals surface area contributed by atoms with E-state index in [0.29, 0.717) is 19.1 Å². The molecule has 0 aromatic carbocycles. The highest BCUT2D eigenvalue weighted by Gasteiger charge is 2.19. The number of nitrogens with one attached hydrogen (secondary N) is 2. The van der Waals surface area contributed by atoms with Gasteiger partial charge in [0.05, 0.1) is 13.2 Å². The molecule has 0 aromatic rings. The molecule has 1 heterocycles. The number of hydrogen-bond donors (Lipinski definition) is 2. The average molecular weight is 285 g/mol. The van der Waals surface area contributed by atoms with Crippen LogP contribution in [0.4, 0.5) is 0 Å². The third kappa shape index (κ3) is 7.22. The highest BCUT2D eigenvalue weighted by molar-refractivity contribution is 5.78. The quantitative estimate of drug-likeness (QED) is 0.659. The van der Waals surface area contributed by atoms with E-state index in [9.17, 15) is 4.79 Å². The molecule has 1 aliphatic heterocycles. The lowest BCUT2D eigenvalue weighted by atomic mass is 9.99. The summed E-state index contributed by atoms with van der Waals surface area (Å²) < 4.78 is 5.04. The van der Waals surface area contributed by atoms with Gasteiger partial charge in [0, 0.05) is 19.7 Å². The fraction of sp³-hybridized carbons (Fsp3) is 0.933. The minimum atomic E-state index is 0.0762. The molecule has 0 aliphatic carbocycles. The highest BCUT2D eigenvalue weighted by atomic mass is 16.5. The maximum absolute atomic E-state index is 12.0. The number of ether oxygens (including phenoxy) is 1. The third-order valence-corrected chi connectivity index (χ3v) is 3.65. The molecule has 20 heavy (non-hydrogen) atoms. The molecule has 1 rings (SSSR count). The van der Waals surface area contributed by atoms with Crippen LogP contribution in [-0.4, -0.2) is 63.3 Å². The normalized spacial score (nSPS) is 20.9. The van der Waals surface area contributed by atoms with Crippen molar-refractivity contribution in [1.82, 2.24) is 15.5 Å². The Bertz CT molecular complexity index is 268. The van der Waals surface area contributed by atoms with Crippen LogP contribution < -0.4 is 10.6 Å². The van der Waals surface area contributed by atoms with Gasteiger partial charge in [0.25, 0.3) is 0 Å². The summed E-state index contributed by atoms with van der Waals surface area (Å²) in [6.07, 6.45) is 3.61. The van der Waals surface area contributed by atoms with Crippen molar-refractivity contribution in [2.24, 2.45) is 5.92 Å². The molecule has 118 valence electrons. The van der Waals surface area contributed by atoms with E-state index in [1.165, 1.54) is 12.8 Å². The molecule has 1 fully saturated rings. The van der Waals surface area contributed by atoms with Gasteiger partial charge < -0.3 is 15.4 Å². The van der Waals surface area contributed by atoms with Crippen molar-refractivity contribution in [1.29, 1.82) is 0 Å². The molecule has 5 heteroatoms. The van der Waals surface area contributed by atoms with E-state index in [0.717, 1.165) is 32.6 Å². The van der Waals surface area contributed by atoms with Crippen molar-refractivity contribution in [3.05, 3.63) is 0 Å². The Morgan fingerprint density at radius 1 is 1.55 bits per heavy atom. The predicted molar refractivity (Wildman–Crippen MR) is 81.8 cm³/mol. The van der Waals surface area contributed by atoms with Crippen LogP contribution in [0.3, 0.4) is 0 Å². The Hall–Kier alpha value is -0.650. The van der Waals surface area contributed by atoms with Crippen molar-refractivity contribution in [3.8, 4) is 0 Å². The van der Waals surface area contributed by atoms with Crippen LogP contribution in [0.5, 0.6) is 0 Å². The summed E-state index contributed by atoms with van der Waals surface area (Å²) in [5.41, 5.74) is 0. The first-order valence-electron chi connectivity index (χ1n) is 7.87. The van der Waals surface area contributed by atoms with Gasteiger partial charge in [-0.25, -0.2) is 0 Å². The molecule has 1 saturated heterocycles. The van der Waals surface area contributed by atoms with Gasteiger partial charge in [-0.1, -0.05) is 6.92 Å². The number of carbonyl (C=O) groups is 1. The largest absolute Gasteiger partial charge is 0.383 e. The van der Waals surface area contributed by atoms with E-state index in [4.69, 9.17) is 4.74 Å². The molecule has 0 saturated carbocycles. The van der Waals surface area contributed by atoms with Crippen LogP contribution in [0.25, 0.3) is 0 Å². The monoisotopic (exact) mass is 285 g/mol. The van der Waals surface area contributed by atoms with Crippen LogP contribution in [0, 0.1) is 5.92 Å². The fourth-order valence-corrected chi connectivity index (χ4v) is 2.81. The molecule has 0 radical (unpaired) electrons. The zero-order valence-corrected chi connectivity index (χ0v) is 13.3. The van der Waals surface area contributed by atoms with Crippen LogP contribution in [0.2, 0.25) is 0 Å². The molecule has 5 nitrogen and oxygen atoms in total. The highest BCUT2D eigenvalue weighted by Crippen LogP contribution is 2.11. The Kier molecular flexibility index (Phi) is 8.82. The number of methoxy groups -OCH3 is 1. The standard InChI is InChI=1S/C15H31N3O2/c1-4-8-18(10-14-6-5-7-16-9-14)11-15(19)17-13(2)12-20-3/h13-14,16H,4-12H2,1-3H3,(H,17,19). The number of piperidine rings is 1. The van der Waals surface area contributed by atoms with Crippen molar-refractivity contribution in [2.75, 3.05) is 46.4 Å². The van der Waals surface area contributed by atoms with Crippen molar-refractivity contribution >= 4 is 5.91 Å². The molecule has 2 N–H and O–H groups in total. The van der Waals surface area contributed by atoms with Crippen LogP contribution in [0.1, 0.15) is 33.1 Å².